The van der Waals surface area contributed by atoms with E-state index >= 15 is 0 Å². The molecule has 0 amide bonds. The zero-order chi connectivity index (χ0) is 14.4. The third-order valence-electron chi connectivity index (χ3n) is 3.04. The number of furan rings is 1. The van der Waals surface area contributed by atoms with Crippen molar-refractivity contribution in [3.63, 3.8) is 0 Å². The second kappa shape index (κ2) is 6.91. The molecule has 0 aliphatic carbocycles. The van der Waals surface area contributed by atoms with E-state index < -0.39 is 5.97 Å². The molecule has 2 rings (SSSR count). The van der Waals surface area contributed by atoms with Gasteiger partial charge in [0.05, 0.1) is 0 Å². The van der Waals surface area contributed by atoms with Crippen LogP contribution >= 0.6 is 0 Å². The highest BCUT2D eigenvalue weighted by Gasteiger charge is 2.13. The lowest BCUT2D eigenvalue weighted by atomic mass is 10.1. The molecule has 0 aliphatic rings. The van der Waals surface area contributed by atoms with Crippen molar-refractivity contribution in [2.24, 2.45) is 0 Å². The summed E-state index contributed by atoms with van der Waals surface area (Å²) in [5, 5.41) is 8.91. The Morgan fingerprint density at radius 1 is 1.30 bits per heavy atom. The number of hydrogen-bond donors (Lipinski definition) is 1. The maximum atomic E-state index is 10.9. The molecule has 4 nitrogen and oxygen atoms in total. The van der Waals surface area contributed by atoms with Crippen LogP contribution in [0.4, 0.5) is 0 Å². The Morgan fingerprint density at radius 2 is 2.05 bits per heavy atom. The molecule has 0 radical (unpaired) electrons. The molecule has 4 heteroatoms. The van der Waals surface area contributed by atoms with E-state index in [1.165, 1.54) is 11.6 Å². The molecule has 2 aromatic rings. The van der Waals surface area contributed by atoms with Crippen LogP contribution in [-0.4, -0.2) is 17.7 Å². The third kappa shape index (κ3) is 3.96. The Bertz CT molecular complexity index is 557. The second-order valence-corrected chi connectivity index (χ2v) is 4.63. The van der Waals surface area contributed by atoms with Gasteiger partial charge in [-0.15, -0.1) is 0 Å². The summed E-state index contributed by atoms with van der Waals surface area (Å²) in [6.07, 6.45) is 1.90. The van der Waals surface area contributed by atoms with Gasteiger partial charge in [-0.25, -0.2) is 4.79 Å². The first kappa shape index (κ1) is 14.3. The molecule has 106 valence electrons. The predicted molar refractivity (Wildman–Crippen MR) is 74.8 cm³/mol. The van der Waals surface area contributed by atoms with Gasteiger partial charge in [0.1, 0.15) is 23.7 Å². The summed E-state index contributed by atoms with van der Waals surface area (Å²) in [5.74, 6) is 0.00146. The molecule has 0 aliphatic heterocycles. The van der Waals surface area contributed by atoms with Gasteiger partial charge in [-0.1, -0.05) is 30.3 Å². The third-order valence-corrected chi connectivity index (χ3v) is 3.04. The standard InChI is InChI=1S/C16H18O4/c1-12-15(16(17)18)10-14(20-12)11-19-9-5-8-13-6-3-2-4-7-13/h2-4,6-7,10H,5,8-9,11H2,1H3,(H,17,18). The summed E-state index contributed by atoms with van der Waals surface area (Å²) >= 11 is 0. The molecule has 0 atom stereocenters. The average molecular weight is 274 g/mol. The Labute approximate surface area is 118 Å². The number of rotatable bonds is 7. The fraction of sp³-hybridized carbons (Fsp3) is 0.312. The summed E-state index contributed by atoms with van der Waals surface area (Å²) in [5.41, 5.74) is 1.49. The number of carboxylic acid groups (broad SMARTS) is 1. The van der Waals surface area contributed by atoms with Crippen LogP contribution in [0.5, 0.6) is 0 Å². The lowest BCUT2D eigenvalue weighted by Gasteiger charge is -2.02. The molecule has 0 saturated heterocycles. The van der Waals surface area contributed by atoms with Gasteiger partial charge in [0.2, 0.25) is 0 Å². The van der Waals surface area contributed by atoms with Crippen LogP contribution in [0.2, 0.25) is 0 Å². The highest BCUT2D eigenvalue weighted by atomic mass is 16.5. The highest BCUT2D eigenvalue weighted by molar-refractivity contribution is 5.88. The topological polar surface area (TPSA) is 59.7 Å². The first-order valence-corrected chi connectivity index (χ1v) is 6.61. The van der Waals surface area contributed by atoms with Crippen molar-refractivity contribution in [1.29, 1.82) is 0 Å². The van der Waals surface area contributed by atoms with Crippen molar-refractivity contribution in [2.75, 3.05) is 6.61 Å². The Kier molecular flexibility index (Phi) is 4.96. The normalized spacial score (nSPS) is 10.7. The first-order valence-electron chi connectivity index (χ1n) is 6.61. The minimum absolute atomic E-state index is 0.202. The molecular formula is C16H18O4. The predicted octanol–water partition coefficient (Wildman–Crippen LogP) is 3.44. The van der Waals surface area contributed by atoms with E-state index in [2.05, 4.69) is 12.1 Å². The van der Waals surface area contributed by atoms with E-state index in [9.17, 15) is 4.79 Å². The van der Waals surface area contributed by atoms with Gasteiger partial charge in [-0.05, 0) is 31.4 Å². The number of benzene rings is 1. The van der Waals surface area contributed by atoms with Crippen molar-refractivity contribution in [3.05, 3.63) is 59.0 Å². The van der Waals surface area contributed by atoms with E-state index in [0.717, 1.165) is 12.8 Å². The lowest BCUT2D eigenvalue weighted by Crippen LogP contribution is -1.97. The first-order chi connectivity index (χ1) is 9.66. The van der Waals surface area contributed by atoms with Crippen LogP contribution < -0.4 is 0 Å². The van der Waals surface area contributed by atoms with Gasteiger partial charge in [-0.3, -0.25) is 0 Å². The molecule has 0 fully saturated rings. The zero-order valence-electron chi connectivity index (χ0n) is 11.5. The number of hydrogen-bond acceptors (Lipinski definition) is 3. The minimum Gasteiger partial charge on any atom is -0.478 e. The van der Waals surface area contributed by atoms with Crippen molar-refractivity contribution in [2.45, 2.75) is 26.4 Å². The molecular weight excluding hydrogens is 256 g/mol. The molecule has 0 spiro atoms. The molecule has 1 heterocycles. The summed E-state index contributed by atoms with van der Waals surface area (Å²) in [4.78, 5) is 10.9. The van der Waals surface area contributed by atoms with Crippen molar-refractivity contribution >= 4 is 5.97 Å². The van der Waals surface area contributed by atoms with E-state index in [1.54, 1.807) is 6.92 Å². The van der Waals surface area contributed by atoms with Crippen LogP contribution in [-0.2, 0) is 17.8 Å². The lowest BCUT2D eigenvalue weighted by molar-refractivity contribution is 0.0695. The molecule has 0 bridgehead atoms. The van der Waals surface area contributed by atoms with Crippen LogP contribution in [0, 0.1) is 6.92 Å². The van der Waals surface area contributed by atoms with Crippen molar-refractivity contribution < 1.29 is 19.1 Å². The van der Waals surface area contributed by atoms with Crippen LogP contribution in [0.1, 0.15) is 33.9 Å². The smallest absolute Gasteiger partial charge is 0.339 e. The number of carboxylic acids is 1. The minimum atomic E-state index is -0.971. The van der Waals surface area contributed by atoms with Crippen LogP contribution in [0.3, 0.4) is 0 Å². The molecule has 1 aromatic heterocycles. The zero-order valence-corrected chi connectivity index (χ0v) is 11.5. The van der Waals surface area contributed by atoms with E-state index in [1.807, 2.05) is 18.2 Å². The molecule has 1 N–H and O–H groups in total. The van der Waals surface area contributed by atoms with Crippen molar-refractivity contribution in [1.82, 2.24) is 0 Å². The van der Waals surface area contributed by atoms with Crippen LogP contribution in [0.15, 0.2) is 40.8 Å². The van der Waals surface area contributed by atoms with Gasteiger partial charge in [0.25, 0.3) is 0 Å². The Morgan fingerprint density at radius 3 is 2.70 bits per heavy atom. The van der Waals surface area contributed by atoms with Gasteiger partial charge in [0, 0.05) is 6.61 Å². The Balaban J connectivity index is 1.71. The summed E-state index contributed by atoms with van der Waals surface area (Å²) in [6.45, 7) is 2.57. The summed E-state index contributed by atoms with van der Waals surface area (Å²) in [7, 11) is 0. The fourth-order valence-electron chi connectivity index (χ4n) is 2.02. The average Bonchev–Trinajstić information content (AvgIpc) is 2.81. The van der Waals surface area contributed by atoms with E-state index in [-0.39, 0.29) is 5.56 Å². The Hall–Kier alpha value is -2.07. The number of aryl methyl sites for hydroxylation is 2. The number of ether oxygens (including phenoxy) is 1. The number of aromatic carboxylic acids is 1. The molecule has 20 heavy (non-hydrogen) atoms. The summed E-state index contributed by atoms with van der Waals surface area (Å²) in [6, 6.07) is 11.8. The van der Waals surface area contributed by atoms with Gasteiger partial charge in [-0.2, -0.15) is 0 Å². The number of carbonyl (C=O) groups is 1. The molecule has 0 saturated carbocycles. The van der Waals surface area contributed by atoms with E-state index in [0.29, 0.717) is 24.7 Å². The second-order valence-electron chi connectivity index (χ2n) is 4.63. The summed E-state index contributed by atoms with van der Waals surface area (Å²) < 4.78 is 10.8. The van der Waals surface area contributed by atoms with Gasteiger partial charge >= 0.3 is 5.97 Å². The largest absolute Gasteiger partial charge is 0.478 e. The van der Waals surface area contributed by atoms with Crippen molar-refractivity contribution in [3.8, 4) is 0 Å². The van der Waals surface area contributed by atoms with Gasteiger partial charge < -0.3 is 14.3 Å². The van der Waals surface area contributed by atoms with Crippen LogP contribution in [0.25, 0.3) is 0 Å². The maximum Gasteiger partial charge on any atom is 0.339 e. The fourth-order valence-corrected chi connectivity index (χ4v) is 2.02. The van der Waals surface area contributed by atoms with Gasteiger partial charge in [0.15, 0.2) is 0 Å². The maximum absolute atomic E-state index is 10.9. The molecule has 0 unspecified atom stereocenters. The van der Waals surface area contributed by atoms with E-state index in [4.69, 9.17) is 14.3 Å². The SMILES string of the molecule is Cc1oc(COCCCc2ccccc2)cc1C(=O)O. The highest BCUT2D eigenvalue weighted by Crippen LogP contribution is 2.15. The monoisotopic (exact) mass is 274 g/mol. The molecule has 1 aromatic carbocycles. The quantitative estimate of drug-likeness (QED) is 0.786.